The molecule has 0 aliphatic rings. The molecule has 2 aromatic rings. The van der Waals surface area contributed by atoms with Crippen LogP contribution in [0, 0.1) is 0 Å². The predicted octanol–water partition coefficient (Wildman–Crippen LogP) is 5.80. The van der Waals surface area contributed by atoms with Crippen molar-refractivity contribution in [3.63, 3.8) is 0 Å². The summed E-state index contributed by atoms with van der Waals surface area (Å²) in [5.74, 6) is -0.833. The molecule has 0 atom stereocenters. The summed E-state index contributed by atoms with van der Waals surface area (Å²) in [6.45, 7) is 3.28. The van der Waals surface area contributed by atoms with Crippen molar-refractivity contribution < 1.29 is 15.0 Å². The van der Waals surface area contributed by atoms with Crippen LogP contribution in [0.4, 0.5) is 11.4 Å². The fraction of sp³-hybridized carbons (Fsp3) is 0.316. The molecule has 24 heavy (non-hydrogen) atoms. The van der Waals surface area contributed by atoms with Gasteiger partial charge in [0.2, 0.25) is 0 Å². The number of hydrogen-bond donors (Lipinski definition) is 1. The Hall–Kier alpha value is -2.53. The number of benzene rings is 2. The number of rotatable bonds is 5. The summed E-state index contributed by atoms with van der Waals surface area (Å²) in [4.78, 5) is 9.00. The Bertz CT molecular complexity index is 508. The zero-order chi connectivity index (χ0) is 18.0. The maximum Gasteiger partial charge on any atom is 0.300 e. The molecule has 5 heteroatoms. The van der Waals surface area contributed by atoms with Gasteiger partial charge in [-0.05, 0) is 30.7 Å². The highest BCUT2D eigenvalue weighted by Crippen LogP contribution is 2.16. The average Bonchev–Trinajstić information content (AvgIpc) is 2.60. The lowest BCUT2D eigenvalue weighted by Crippen LogP contribution is -1.78. The van der Waals surface area contributed by atoms with Gasteiger partial charge < -0.3 is 5.11 Å². The van der Waals surface area contributed by atoms with Crippen molar-refractivity contribution >= 4 is 17.3 Å². The molecule has 129 valence electrons. The van der Waals surface area contributed by atoms with Crippen molar-refractivity contribution in [3.05, 3.63) is 60.7 Å². The highest BCUT2D eigenvalue weighted by atomic mass is 16.4. The first-order valence-corrected chi connectivity index (χ1v) is 7.89. The van der Waals surface area contributed by atoms with E-state index < -0.39 is 5.97 Å². The number of carbonyl (C=O) groups is 1. The summed E-state index contributed by atoms with van der Waals surface area (Å²) >= 11 is 0. The lowest BCUT2D eigenvalue weighted by molar-refractivity contribution is -0.134. The summed E-state index contributed by atoms with van der Waals surface area (Å²) in [5.41, 5.74) is 1.74. The summed E-state index contributed by atoms with van der Waals surface area (Å²) in [7, 11) is 0. The van der Waals surface area contributed by atoms with Crippen LogP contribution in [-0.4, -0.2) is 17.7 Å². The molecule has 0 aromatic heterocycles. The Morgan fingerprint density at radius 2 is 1.25 bits per heavy atom. The third-order valence-electron chi connectivity index (χ3n) is 2.54. The number of carboxylic acid groups (broad SMARTS) is 1. The minimum Gasteiger partial charge on any atom is -0.481 e. The van der Waals surface area contributed by atoms with Gasteiger partial charge in [-0.25, -0.2) is 5.11 Å². The van der Waals surface area contributed by atoms with Crippen LogP contribution in [0.2, 0.25) is 0 Å². The molecule has 0 aliphatic carbocycles. The van der Waals surface area contributed by atoms with E-state index in [1.165, 1.54) is 0 Å². The van der Waals surface area contributed by atoms with Gasteiger partial charge in [0, 0.05) is 6.92 Å². The normalized spacial score (nSPS) is 9.46. The van der Waals surface area contributed by atoms with E-state index in [1.54, 1.807) is 0 Å². The summed E-state index contributed by atoms with van der Waals surface area (Å²) in [6, 6.07) is 19.4. The molecule has 5 nitrogen and oxygen atoms in total. The van der Waals surface area contributed by atoms with Gasteiger partial charge in [-0.3, -0.25) is 4.79 Å². The number of unbranched alkanes of at least 4 members (excludes halogenated alkanes) is 2. The molecule has 2 rings (SSSR count). The van der Waals surface area contributed by atoms with E-state index in [4.69, 9.17) is 9.90 Å². The molecule has 0 saturated carbocycles. The fourth-order valence-electron chi connectivity index (χ4n) is 1.46. The van der Waals surface area contributed by atoms with Gasteiger partial charge in [0.25, 0.3) is 5.97 Å². The van der Waals surface area contributed by atoms with Crippen LogP contribution in [0.5, 0.6) is 0 Å². The predicted molar refractivity (Wildman–Crippen MR) is 95.4 cm³/mol. The maximum absolute atomic E-state index is 9.69. The van der Waals surface area contributed by atoms with Crippen LogP contribution >= 0.6 is 0 Å². The topological polar surface area (TPSA) is 81.9 Å². The zero-order valence-corrected chi connectivity index (χ0v) is 14.3. The van der Waals surface area contributed by atoms with E-state index in [9.17, 15) is 5.11 Å². The highest BCUT2D eigenvalue weighted by Gasteiger charge is 1.86. The minimum absolute atomic E-state index is 0.105. The maximum atomic E-state index is 9.69. The van der Waals surface area contributed by atoms with Gasteiger partial charge in [-0.1, -0.05) is 56.2 Å². The molecule has 0 bridgehead atoms. The van der Waals surface area contributed by atoms with Crippen molar-refractivity contribution in [1.29, 1.82) is 0 Å². The van der Waals surface area contributed by atoms with E-state index in [-0.39, 0.29) is 6.61 Å². The van der Waals surface area contributed by atoms with E-state index in [0.29, 0.717) is 0 Å². The Balaban J connectivity index is 0.000000443. The van der Waals surface area contributed by atoms with Crippen molar-refractivity contribution in [2.24, 2.45) is 10.2 Å². The van der Waals surface area contributed by atoms with Crippen LogP contribution in [-0.2, 0) is 9.90 Å². The lowest BCUT2D eigenvalue weighted by atomic mass is 10.3. The molecule has 2 aromatic carbocycles. The Morgan fingerprint density at radius 3 is 1.50 bits per heavy atom. The van der Waals surface area contributed by atoms with Crippen molar-refractivity contribution in [1.82, 2.24) is 0 Å². The van der Waals surface area contributed by atoms with Crippen LogP contribution in [0.15, 0.2) is 70.9 Å². The van der Waals surface area contributed by atoms with Gasteiger partial charge in [-0.2, -0.15) is 10.2 Å². The van der Waals surface area contributed by atoms with E-state index in [0.717, 1.165) is 37.6 Å². The van der Waals surface area contributed by atoms with Gasteiger partial charge in [0.15, 0.2) is 0 Å². The molecule has 1 N–H and O–H groups in total. The molecule has 0 aliphatic heterocycles. The first-order valence-electron chi connectivity index (χ1n) is 7.89. The highest BCUT2D eigenvalue weighted by molar-refractivity contribution is 5.62. The fourth-order valence-corrected chi connectivity index (χ4v) is 1.46. The smallest absolute Gasteiger partial charge is 0.300 e. The van der Waals surface area contributed by atoms with E-state index in [1.807, 2.05) is 60.7 Å². The minimum atomic E-state index is -0.833. The molecule has 0 amide bonds. The number of aliphatic carboxylic acids is 1. The van der Waals surface area contributed by atoms with Crippen molar-refractivity contribution in [3.8, 4) is 0 Å². The third kappa shape index (κ3) is 14.4. The van der Waals surface area contributed by atoms with Crippen LogP contribution < -0.4 is 0 Å². The quantitative estimate of drug-likeness (QED) is 0.555. The Kier molecular flexibility index (Phi) is 13.7. The first-order chi connectivity index (χ1) is 11.6. The Morgan fingerprint density at radius 1 is 0.875 bits per heavy atom. The molecule has 0 unspecified atom stereocenters. The molecule has 0 spiro atoms. The zero-order valence-electron chi connectivity index (χ0n) is 14.3. The van der Waals surface area contributed by atoms with Gasteiger partial charge in [0.05, 0.1) is 18.0 Å². The molecular formula is C19H25N2O3. The number of carboxylic acids is 1. The molecule has 0 heterocycles. The second kappa shape index (κ2) is 15.4. The summed E-state index contributed by atoms with van der Waals surface area (Å²) < 4.78 is 0. The lowest BCUT2D eigenvalue weighted by Gasteiger charge is -1.91. The van der Waals surface area contributed by atoms with Gasteiger partial charge in [0.1, 0.15) is 0 Å². The monoisotopic (exact) mass is 329 g/mol. The SMILES string of the molecule is CC(=O)O.CCCCC[O].c1ccc(N=Nc2ccccc2)cc1. The van der Waals surface area contributed by atoms with Crippen LogP contribution in [0.25, 0.3) is 0 Å². The van der Waals surface area contributed by atoms with Crippen LogP contribution in [0.1, 0.15) is 33.1 Å². The van der Waals surface area contributed by atoms with E-state index in [2.05, 4.69) is 17.2 Å². The summed E-state index contributed by atoms with van der Waals surface area (Å²) in [5, 5.41) is 25.3. The van der Waals surface area contributed by atoms with Crippen molar-refractivity contribution in [2.45, 2.75) is 33.1 Å². The van der Waals surface area contributed by atoms with Gasteiger partial charge in [-0.15, -0.1) is 0 Å². The third-order valence-corrected chi connectivity index (χ3v) is 2.54. The molecular weight excluding hydrogens is 304 g/mol. The van der Waals surface area contributed by atoms with Crippen molar-refractivity contribution in [2.75, 3.05) is 6.61 Å². The largest absolute Gasteiger partial charge is 0.481 e. The number of nitrogens with zero attached hydrogens (tertiary/aromatic N) is 2. The second-order valence-corrected chi connectivity index (χ2v) is 4.80. The number of hydrogen-bond acceptors (Lipinski definition) is 3. The molecule has 0 saturated heterocycles. The second-order valence-electron chi connectivity index (χ2n) is 4.80. The molecule has 1 radical (unpaired) electrons. The standard InChI is InChI=1S/C12H10N2.C5H11O.C2H4O2/c1-3-7-11(8-4-1)13-14-12-9-5-2-6-10-12;1-2-3-4-5-6;1-2(3)4/h1-10H;2-5H2,1H3;1H3,(H,3,4). The van der Waals surface area contributed by atoms with Crippen LogP contribution in [0.3, 0.4) is 0 Å². The number of azo groups is 1. The molecule has 0 fully saturated rings. The first kappa shape index (κ1) is 21.5. The average molecular weight is 329 g/mol. The van der Waals surface area contributed by atoms with Gasteiger partial charge >= 0.3 is 0 Å². The summed E-state index contributed by atoms with van der Waals surface area (Å²) in [6.07, 6.45) is 3.11. The van der Waals surface area contributed by atoms with E-state index >= 15 is 0 Å². The Labute approximate surface area is 143 Å².